The lowest BCUT2D eigenvalue weighted by Crippen LogP contribution is -2.37. The van der Waals surface area contributed by atoms with Crippen molar-refractivity contribution in [2.45, 2.75) is 13.5 Å². The van der Waals surface area contributed by atoms with Crippen LogP contribution in [0.15, 0.2) is 103 Å². The van der Waals surface area contributed by atoms with Crippen LogP contribution < -0.4 is 15.5 Å². The zero-order chi connectivity index (χ0) is 30.3. The molecule has 8 nitrogen and oxygen atoms in total. The second-order valence-electron chi connectivity index (χ2n) is 10.4. The summed E-state index contributed by atoms with van der Waals surface area (Å²) in [5.74, 6) is -0.728. The molecule has 218 valence electrons. The number of amides is 2. The Morgan fingerprint density at radius 1 is 0.837 bits per heavy atom. The normalized spacial score (nSPS) is 13.3. The quantitative estimate of drug-likeness (QED) is 0.181. The summed E-state index contributed by atoms with van der Waals surface area (Å²) in [6.07, 6.45) is 0. The summed E-state index contributed by atoms with van der Waals surface area (Å²) < 4.78 is 5.13. The number of nitrogens with zero attached hydrogens (tertiary/aromatic N) is 2. The van der Waals surface area contributed by atoms with E-state index in [1.807, 2.05) is 104 Å². The molecule has 2 N–H and O–H groups in total. The third kappa shape index (κ3) is 6.82. The molecule has 5 rings (SSSR count). The van der Waals surface area contributed by atoms with E-state index in [0.717, 1.165) is 22.5 Å². The van der Waals surface area contributed by atoms with E-state index < -0.39 is 5.97 Å². The van der Waals surface area contributed by atoms with Crippen molar-refractivity contribution in [3.63, 3.8) is 0 Å². The van der Waals surface area contributed by atoms with Gasteiger partial charge in [-0.25, -0.2) is 4.79 Å². The Kier molecular flexibility index (Phi) is 8.98. The second-order valence-corrected chi connectivity index (χ2v) is 10.4. The van der Waals surface area contributed by atoms with Crippen molar-refractivity contribution < 1.29 is 19.1 Å². The summed E-state index contributed by atoms with van der Waals surface area (Å²) in [5, 5.41) is 6.36. The fraction of sp³-hybridized carbons (Fsp3) is 0.171. The molecule has 1 heterocycles. The molecule has 1 aliphatic heterocycles. The molecule has 2 amide bonds. The molecule has 43 heavy (non-hydrogen) atoms. The minimum atomic E-state index is -0.441. The Hall–Kier alpha value is -5.21. The van der Waals surface area contributed by atoms with Crippen molar-refractivity contribution in [3.8, 4) is 0 Å². The lowest BCUT2D eigenvalue weighted by atomic mass is 9.99. The number of ether oxygens (including phenoxy) is 1. The minimum Gasteiger partial charge on any atom is -0.462 e. The van der Waals surface area contributed by atoms with Gasteiger partial charge in [0.05, 0.1) is 42.2 Å². The van der Waals surface area contributed by atoms with E-state index in [0.29, 0.717) is 34.6 Å². The smallest absolute Gasteiger partial charge is 0.338 e. The average Bonchev–Trinajstić information content (AvgIpc) is 3.34. The molecule has 0 aliphatic carbocycles. The lowest BCUT2D eigenvalue weighted by molar-refractivity contribution is -0.119. The summed E-state index contributed by atoms with van der Waals surface area (Å²) in [7, 11) is 3.75. The van der Waals surface area contributed by atoms with Crippen molar-refractivity contribution in [2.24, 2.45) is 0 Å². The Morgan fingerprint density at radius 2 is 1.51 bits per heavy atom. The van der Waals surface area contributed by atoms with Gasteiger partial charge in [-0.3, -0.25) is 9.59 Å². The van der Waals surface area contributed by atoms with Crippen LogP contribution in [0.1, 0.15) is 34.0 Å². The first-order valence-corrected chi connectivity index (χ1v) is 14.1. The van der Waals surface area contributed by atoms with Gasteiger partial charge in [0.1, 0.15) is 0 Å². The van der Waals surface area contributed by atoms with Crippen LogP contribution in [-0.4, -0.2) is 49.9 Å². The third-order valence-electron chi connectivity index (χ3n) is 6.97. The predicted octanol–water partition coefficient (Wildman–Crippen LogP) is 5.89. The summed E-state index contributed by atoms with van der Waals surface area (Å²) in [4.78, 5) is 42.5. The molecule has 1 aliphatic rings. The van der Waals surface area contributed by atoms with Crippen molar-refractivity contribution in [1.29, 1.82) is 0 Å². The van der Waals surface area contributed by atoms with E-state index in [1.165, 1.54) is 0 Å². The van der Waals surface area contributed by atoms with Gasteiger partial charge < -0.3 is 25.2 Å². The van der Waals surface area contributed by atoms with Gasteiger partial charge in [-0.1, -0.05) is 66.7 Å². The number of hydrogen-bond donors (Lipinski definition) is 2. The van der Waals surface area contributed by atoms with Gasteiger partial charge in [-0.05, 0) is 68.5 Å². The first-order valence-electron chi connectivity index (χ1n) is 14.1. The van der Waals surface area contributed by atoms with Gasteiger partial charge in [-0.2, -0.15) is 0 Å². The Bertz CT molecular complexity index is 1650. The topological polar surface area (TPSA) is 91.0 Å². The zero-order valence-electron chi connectivity index (χ0n) is 24.5. The van der Waals surface area contributed by atoms with Crippen molar-refractivity contribution in [3.05, 3.63) is 125 Å². The zero-order valence-corrected chi connectivity index (χ0v) is 24.5. The van der Waals surface area contributed by atoms with Gasteiger partial charge >= 0.3 is 5.97 Å². The molecule has 0 radical (unpaired) electrons. The van der Waals surface area contributed by atoms with Crippen LogP contribution in [0.25, 0.3) is 11.3 Å². The summed E-state index contributed by atoms with van der Waals surface area (Å²) in [6, 6.07) is 32.2. The number of anilines is 3. The molecule has 0 saturated heterocycles. The fourth-order valence-electron chi connectivity index (χ4n) is 4.96. The standard InChI is InChI=1S/C35H34N4O4/c1-4-43-35(42)26-15-20-29-30(21-26)37-34(41)32(29)33(25-13-9-6-10-14-25)36-27-16-18-28(19-17-27)39(31(40)23-38(2)3)22-24-11-7-5-8-12-24/h5-21,36H,4,22-23H2,1-3H3,(H,37,41)/b33-32-. The maximum Gasteiger partial charge on any atom is 0.338 e. The minimum absolute atomic E-state index is 0.0110. The summed E-state index contributed by atoms with van der Waals surface area (Å²) in [5.41, 5.74) is 6.07. The van der Waals surface area contributed by atoms with Crippen LogP contribution in [0.2, 0.25) is 0 Å². The number of carbonyl (C=O) groups excluding carboxylic acids is 3. The SMILES string of the molecule is CCOC(=O)c1ccc2c(c1)NC(=O)/C2=C(\Nc1ccc(N(Cc2ccccc2)C(=O)CN(C)C)cc1)c1ccccc1. The van der Waals surface area contributed by atoms with E-state index >= 15 is 0 Å². The molecule has 0 fully saturated rings. The van der Waals surface area contributed by atoms with Crippen LogP contribution in [0.4, 0.5) is 17.1 Å². The molecule has 0 saturated carbocycles. The van der Waals surface area contributed by atoms with E-state index in [4.69, 9.17) is 4.74 Å². The van der Waals surface area contributed by atoms with E-state index in [9.17, 15) is 14.4 Å². The van der Waals surface area contributed by atoms with Gasteiger partial charge in [0.25, 0.3) is 5.91 Å². The van der Waals surface area contributed by atoms with Gasteiger partial charge in [0.15, 0.2) is 0 Å². The van der Waals surface area contributed by atoms with Crippen LogP contribution in [0, 0.1) is 0 Å². The van der Waals surface area contributed by atoms with Crippen LogP contribution in [0.5, 0.6) is 0 Å². The Balaban J connectivity index is 1.49. The third-order valence-corrected chi connectivity index (χ3v) is 6.97. The summed E-state index contributed by atoms with van der Waals surface area (Å²) >= 11 is 0. The van der Waals surface area contributed by atoms with Gasteiger partial charge in [0.2, 0.25) is 5.91 Å². The van der Waals surface area contributed by atoms with E-state index in [-0.39, 0.29) is 25.0 Å². The monoisotopic (exact) mass is 574 g/mol. The number of esters is 1. The van der Waals surface area contributed by atoms with Crippen LogP contribution in [-0.2, 0) is 20.9 Å². The van der Waals surface area contributed by atoms with Crippen molar-refractivity contribution in [2.75, 3.05) is 42.8 Å². The fourth-order valence-corrected chi connectivity index (χ4v) is 4.96. The molecule has 0 aromatic heterocycles. The van der Waals surface area contributed by atoms with E-state index in [1.54, 1.807) is 30.0 Å². The highest BCUT2D eigenvalue weighted by Crippen LogP contribution is 2.38. The number of carbonyl (C=O) groups is 3. The van der Waals surface area contributed by atoms with Gasteiger partial charge in [-0.15, -0.1) is 0 Å². The lowest BCUT2D eigenvalue weighted by Gasteiger charge is -2.25. The van der Waals surface area contributed by atoms with Gasteiger partial charge in [0, 0.05) is 16.9 Å². The molecule has 0 unspecified atom stereocenters. The summed E-state index contributed by atoms with van der Waals surface area (Å²) in [6.45, 7) is 2.75. The predicted molar refractivity (Wildman–Crippen MR) is 171 cm³/mol. The highest BCUT2D eigenvalue weighted by Gasteiger charge is 2.29. The molecule has 4 aromatic rings. The molecule has 0 bridgehead atoms. The van der Waals surface area contributed by atoms with Crippen molar-refractivity contribution in [1.82, 2.24) is 4.90 Å². The highest BCUT2D eigenvalue weighted by atomic mass is 16.5. The molecule has 4 aromatic carbocycles. The number of nitrogens with one attached hydrogen (secondary N) is 2. The van der Waals surface area contributed by atoms with E-state index in [2.05, 4.69) is 10.6 Å². The largest absolute Gasteiger partial charge is 0.462 e. The molecular formula is C35H34N4O4. The Labute approximate surface area is 251 Å². The first kappa shape index (κ1) is 29.3. The Morgan fingerprint density at radius 3 is 2.16 bits per heavy atom. The molecule has 0 spiro atoms. The second kappa shape index (κ2) is 13.2. The average molecular weight is 575 g/mol. The maximum absolute atomic E-state index is 13.3. The molecular weight excluding hydrogens is 540 g/mol. The maximum atomic E-state index is 13.3. The number of likely N-dealkylation sites (N-methyl/N-ethyl adjacent to an activating group) is 1. The number of fused-ring (bicyclic) bond motifs is 1. The number of benzene rings is 4. The first-order chi connectivity index (χ1) is 20.8. The number of rotatable bonds is 10. The van der Waals surface area contributed by atoms with Crippen molar-refractivity contribution >= 4 is 46.1 Å². The number of hydrogen-bond acceptors (Lipinski definition) is 6. The van der Waals surface area contributed by atoms with Crippen LogP contribution >= 0.6 is 0 Å². The molecule has 8 heteroatoms. The molecule has 0 atom stereocenters. The van der Waals surface area contributed by atoms with Crippen LogP contribution in [0.3, 0.4) is 0 Å². The highest BCUT2D eigenvalue weighted by molar-refractivity contribution is 6.37.